The fraction of sp³-hybridized carbons (Fsp3) is 0.0714. The van der Waals surface area contributed by atoms with E-state index in [1.807, 2.05) is 84.9 Å². The van der Waals surface area contributed by atoms with Crippen LogP contribution in [0.25, 0.3) is 0 Å². The van der Waals surface area contributed by atoms with E-state index in [9.17, 15) is 9.59 Å². The Morgan fingerprint density at radius 2 is 0.688 bits per heavy atom. The van der Waals surface area contributed by atoms with Crippen LogP contribution in [0.4, 0.5) is 0 Å². The molecule has 0 atom stereocenters. The number of esters is 2. The average Bonchev–Trinajstić information content (AvgIpc) is 3.32. The van der Waals surface area contributed by atoms with Gasteiger partial charge in [-0.15, -0.1) is 0 Å². The topological polar surface area (TPSA) is 52.6 Å². The number of carbonyl (C=O) groups is 2. The number of rotatable bonds is 0. The normalized spacial score (nSPS) is 23.9. The van der Waals surface area contributed by atoms with Gasteiger partial charge in [-0.05, 0) is 12.1 Å². The minimum absolute atomic E-state index is 0.357. The number of hydrogen-bond donors (Lipinski definition) is 0. The minimum atomic E-state index is -1.10. The lowest BCUT2D eigenvalue weighted by molar-refractivity contribution is 0.00739. The third kappa shape index (κ3) is 1.81. The summed E-state index contributed by atoms with van der Waals surface area (Å²) in [5.41, 5.74) is 3.74. The van der Waals surface area contributed by atoms with Gasteiger partial charge in [-0.3, -0.25) is 0 Å². The fourth-order valence-electron chi connectivity index (χ4n) is 5.72. The molecular formula is C28H16O4. The summed E-state index contributed by atoms with van der Waals surface area (Å²) in [5, 5.41) is 0. The van der Waals surface area contributed by atoms with Crippen molar-refractivity contribution in [2.45, 2.75) is 11.2 Å². The lowest BCUT2D eigenvalue weighted by Crippen LogP contribution is -2.44. The molecule has 0 fully saturated rings. The Morgan fingerprint density at radius 1 is 0.406 bits per heavy atom. The molecule has 4 heteroatoms. The van der Waals surface area contributed by atoms with Gasteiger partial charge in [-0.1, -0.05) is 84.9 Å². The molecule has 4 nitrogen and oxygen atoms in total. The molecule has 0 bridgehead atoms. The lowest BCUT2D eigenvalue weighted by Gasteiger charge is -2.44. The molecule has 3 aliphatic rings. The minimum Gasteiger partial charge on any atom is -0.441 e. The van der Waals surface area contributed by atoms with Crippen molar-refractivity contribution in [1.29, 1.82) is 0 Å². The molecule has 0 saturated heterocycles. The van der Waals surface area contributed by atoms with E-state index in [0.717, 1.165) is 33.4 Å². The lowest BCUT2D eigenvalue weighted by atomic mass is 9.63. The maximum Gasteiger partial charge on any atom is 0.340 e. The van der Waals surface area contributed by atoms with Crippen LogP contribution in [0.1, 0.15) is 54.1 Å². The highest BCUT2D eigenvalue weighted by Crippen LogP contribution is 2.60. The van der Waals surface area contributed by atoms with E-state index < -0.39 is 11.2 Å². The summed E-state index contributed by atoms with van der Waals surface area (Å²) in [4.78, 5) is 26.0. The van der Waals surface area contributed by atoms with Crippen LogP contribution in [-0.4, -0.2) is 11.9 Å². The highest BCUT2D eigenvalue weighted by Gasteiger charge is 2.61. The summed E-state index contributed by atoms with van der Waals surface area (Å²) in [6.07, 6.45) is 0. The first-order chi connectivity index (χ1) is 15.7. The van der Waals surface area contributed by atoms with Crippen LogP contribution in [0.2, 0.25) is 0 Å². The van der Waals surface area contributed by atoms with Gasteiger partial charge in [0.05, 0.1) is 11.1 Å². The Hall–Kier alpha value is -4.18. The van der Waals surface area contributed by atoms with Gasteiger partial charge in [0, 0.05) is 33.4 Å². The maximum atomic E-state index is 13.0. The highest BCUT2D eigenvalue weighted by molar-refractivity contribution is 5.99. The van der Waals surface area contributed by atoms with E-state index in [0.29, 0.717) is 11.1 Å². The average molecular weight is 416 g/mol. The maximum absolute atomic E-state index is 13.0. The molecule has 7 rings (SSSR count). The molecule has 0 N–H and O–H groups in total. The van der Waals surface area contributed by atoms with Crippen LogP contribution in [0.15, 0.2) is 97.1 Å². The molecule has 0 radical (unpaired) electrons. The van der Waals surface area contributed by atoms with E-state index in [4.69, 9.17) is 9.47 Å². The summed E-state index contributed by atoms with van der Waals surface area (Å²) in [6.45, 7) is 0. The first-order valence-electron chi connectivity index (χ1n) is 10.5. The monoisotopic (exact) mass is 416 g/mol. The zero-order valence-corrected chi connectivity index (χ0v) is 16.9. The van der Waals surface area contributed by atoms with Gasteiger partial charge in [-0.25, -0.2) is 9.59 Å². The first kappa shape index (κ1) is 17.5. The molecule has 1 aliphatic carbocycles. The van der Waals surface area contributed by atoms with Crippen molar-refractivity contribution in [2.75, 3.05) is 0 Å². The second kappa shape index (κ2) is 5.74. The van der Waals surface area contributed by atoms with Gasteiger partial charge in [0.2, 0.25) is 0 Å². The van der Waals surface area contributed by atoms with Crippen LogP contribution >= 0.6 is 0 Å². The third-order valence-corrected chi connectivity index (χ3v) is 6.92. The zero-order valence-electron chi connectivity index (χ0n) is 16.9. The quantitative estimate of drug-likeness (QED) is 0.382. The standard InChI is InChI=1S/C28H16O4/c29-25-17-9-1-3-11-19(17)27(31-25)21-13-5-7-15-23(21)28(24-16-8-6-14-22(24)27)20-12-4-2-10-18(20)26(30)32-28/h1-16H. The second-order valence-corrected chi connectivity index (χ2v) is 8.32. The van der Waals surface area contributed by atoms with Crippen LogP contribution < -0.4 is 0 Å². The van der Waals surface area contributed by atoms with Gasteiger partial charge in [0.1, 0.15) is 0 Å². The predicted octanol–water partition coefficient (Wildman–Crippen LogP) is 4.92. The summed E-state index contributed by atoms with van der Waals surface area (Å²) in [7, 11) is 0. The molecule has 32 heavy (non-hydrogen) atoms. The van der Waals surface area contributed by atoms with Crippen LogP contribution in [0.3, 0.4) is 0 Å². The molecule has 0 unspecified atom stereocenters. The van der Waals surface area contributed by atoms with Crippen molar-refractivity contribution in [2.24, 2.45) is 0 Å². The zero-order chi connectivity index (χ0) is 21.5. The van der Waals surface area contributed by atoms with E-state index in [1.54, 1.807) is 12.1 Å². The van der Waals surface area contributed by atoms with E-state index in [2.05, 4.69) is 0 Å². The summed E-state index contributed by atoms with van der Waals surface area (Å²) < 4.78 is 12.5. The smallest absolute Gasteiger partial charge is 0.340 e. The Labute approximate surface area is 184 Å². The number of hydrogen-bond acceptors (Lipinski definition) is 4. The molecule has 152 valence electrons. The fourth-order valence-corrected chi connectivity index (χ4v) is 5.72. The molecule has 2 aliphatic heterocycles. The summed E-state index contributed by atoms with van der Waals surface area (Å²) >= 11 is 0. The molecule has 4 aromatic carbocycles. The Kier molecular flexibility index (Phi) is 3.14. The Bertz CT molecular complexity index is 1320. The largest absolute Gasteiger partial charge is 0.441 e. The molecule has 0 amide bonds. The second-order valence-electron chi connectivity index (χ2n) is 8.32. The van der Waals surface area contributed by atoms with Crippen molar-refractivity contribution >= 4 is 11.9 Å². The van der Waals surface area contributed by atoms with Crippen LogP contribution in [0.5, 0.6) is 0 Å². The van der Waals surface area contributed by atoms with Crippen molar-refractivity contribution < 1.29 is 19.1 Å². The molecule has 2 spiro atoms. The van der Waals surface area contributed by atoms with Gasteiger partial charge >= 0.3 is 11.9 Å². The highest BCUT2D eigenvalue weighted by atomic mass is 16.6. The molecule has 0 aromatic heterocycles. The van der Waals surface area contributed by atoms with E-state index >= 15 is 0 Å². The van der Waals surface area contributed by atoms with Crippen molar-refractivity contribution in [3.8, 4) is 0 Å². The third-order valence-electron chi connectivity index (χ3n) is 6.92. The predicted molar refractivity (Wildman–Crippen MR) is 116 cm³/mol. The van der Waals surface area contributed by atoms with Crippen molar-refractivity contribution in [3.05, 3.63) is 142 Å². The van der Waals surface area contributed by atoms with Gasteiger partial charge in [0.15, 0.2) is 11.2 Å². The number of ether oxygens (including phenoxy) is 2. The SMILES string of the molecule is O=C1OC2(c3ccccc31)c1ccccc1C1(OC(=O)c3ccccc31)c1ccccc12. The molecule has 2 heterocycles. The Morgan fingerprint density at radius 3 is 1.03 bits per heavy atom. The van der Waals surface area contributed by atoms with Crippen molar-refractivity contribution in [1.82, 2.24) is 0 Å². The van der Waals surface area contributed by atoms with Crippen LogP contribution in [0, 0.1) is 0 Å². The van der Waals surface area contributed by atoms with E-state index in [1.165, 1.54) is 0 Å². The van der Waals surface area contributed by atoms with Crippen molar-refractivity contribution in [3.63, 3.8) is 0 Å². The first-order valence-corrected chi connectivity index (χ1v) is 10.5. The Balaban J connectivity index is 1.67. The van der Waals surface area contributed by atoms with Gasteiger partial charge in [0.25, 0.3) is 0 Å². The number of carbonyl (C=O) groups excluding carboxylic acids is 2. The van der Waals surface area contributed by atoms with Gasteiger partial charge in [-0.2, -0.15) is 0 Å². The van der Waals surface area contributed by atoms with Crippen LogP contribution in [-0.2, 0) is 20.7 Å². The van der Waals surface area contributed by atoms with E-state index in [-0.39, 0.29) is 11.9 Å². The summed E-state index contributed by atoms with van der Waals surface area (Å²) in [6, 6.07) is 30.6. The summed E-state index contributed by atoms with van der Waals surface area (Å²) in [5.74, 6) is -0.713. The molecule has 4 aromatic rings. The number of fused-ring (bicyclic) bond motifs is 10. The molecule has 0 saturated carbocycles. The van der Waals surface area contributed by atoms with Gasteiger partial charge < -0.3 is 9.47 Å². The number of benzene rings is 4. The molecular weight excluding hydrogens is 400 g/mol.